The lowest BCUT2D eigenvalue weighted by molar-refractivity contribution is -0.157. The predicted octanol–water partition coefficient (Wildman–Crippen LogP) is 4.19. The smallest absolute Gasteiger partial charge is 0.410 e. The number of piperazine rings is 1. The number of likely N-dealkylation sites (N-methyl/N-ethyl adjacent to an activating group) is 8. The number of aliphatic hydroxyl groups is 1. The molecule has 27 nitrogen and oxygen atoms in total. The number of allylic oxidation sites excluding steroid dienone is 2. The molecule has 2 fully saturated rings. The summed E-state index contributed by atoms with van der Waals surface area (Å²) in [5.74, 6) is -10.9. The largest absolute Gasteiger partial charge is 0.443 e. The quantitative estimate of drug-likeness (QED) is 0.120. The zero-order chi connectivity index (χ0) is 76.3. The molecule has 5 N–H and O–H groups in total. The first-order valence-electron chi connectivity index (χ1n) is 35.8. The Hall–Kier alpha value is -6.90. The topological polar surface area (TPSA) is 312 Å². The van der Waals surface area contributed by atoms with Crippen molar-refractivity contribution in [1.82, 2.24) is 65.4 Å². The Labute approximate surface area is 592 Å². The predicted molar refractivity (Wildman–Crippen MR) is 382 cm³/mol. The monoisotopic (exact) mass is 1400 g/mol. The number of rotatable bonds is 18. The Morgan fingerprint density at radius 2 is 0.970 bits per heavy atom. The SMILES string of the molecule is C/C=C/C[C@@H](C)[C@@H](O)[C@H]1C(=O)N[C@@H](CC)C(=O)N(C)[C@H](C)C(=O)N(C)[C@@H]([C@H](C)CCC(C)(C)OC(=O)N2CCN(C)CC2)C(=O)N[C@@H](C(C)C)C(=O)N(C)[C@@H](CC(C)C)C(=O)N[C@@H](C)C(=O)N[C@H](C)C(=O)N(C)[C@@H](CC(C)C)C(=O)N(C)[C@@H](CC(C)C)C(=O)N(C)[C@@H](C(C)C)C(=O)N1C. The molecule has 0 aliphatic carbocycles. The van der Waals surface area contributed by atoms with Crippen molar-refractivity contribution in [3.05, 3.63) is 12.2 Å². The summed E-state index contributed by atoms with van der Waals surface area (Å²) in [5, 5.41) is 23.4. The molecule has 2 rings (SSSR count). The summed E-state index contributed by atoms with van der Waals surface area (Å²) >= 11 is 0. The first-order valence-corrected chi connectivity index (χ1v) is 35.8. The van der Waals surface area contributed by atoms with Crippen molar-refractivity contribution < 1.29 is 67.4 Å². The molecule has 0 radical (unpaired) electrons. The molecule has 0 unspecified atom stereocenters. The van der Waals surface area contributed by atoms with Crippen LogP contribution in [0.5, 0.6) is 0 Å². The first kappa shape index (κ1) is 88.2. The minimum atomic E-state index is -1.66. The van der Waals surface area contributed by atoms with Gasteiger partial charge in [0.05, 0.1) is 6.10 Å². The van der Waals surface area contributed by atoms with Gasteiger partial charge in [-0.1, -0.05) is 102 Å². The van der Waals surface area contributed by atoms with E-state index in [0.717, 1.165) is 9.80 Å². The molecule has 27 heteroatoms. The third kappa shape index (κ3) is 24.4. The van der Waals surface area contributed by atoms with Crippen LogP contribution >= 0.6 is 0 Å². The van der Waals surface area contributed by atoms with Gasteiger partial charge in [-0.25, -0.2) is 4.79 Å². The summed E-state index contributed by atoms with van der Waals surface area (Å²) in [5.41, 5.74) is -1.06. The Kier molecular flexibility index (Phi) is 35.0. The van der Waals surface area contributed by atoms with E-state index in [1.54, 1.807) is 86.3 Å². The fourth-order valence-corrected chi connectivity index (χ4v) is 12.9. The summed E-state index contributed by atoms with van der Waals surface area (Å²) in [6.45, 7) is 35.1. The van der Waals surface area contributed by atoms with E-state index in [9.17, 15) is 29.1 Å². The highest BCUT2D eigenvalue weighted by Crippen LogP contribution is 2.29. The van der Waals surface area contributed by atoms with E-state index in [2.05, 4.69) is 26.2 Å². The van der Waals surface area contributed by atoms with Crippen molar-refractivity contribution in [2.45, 2.75) is 255 Å². The van der Waals surface area contributed by atoms with Gasteiger partial charge >= 0.3 is 6.09 Å². The van der Waals surface area contributed by atoms with E-state index < -0.39 is 173 Å². The van der Waals surface area contributed by atoms with Crippen molar-refractivity contribution in [1.29, 1.82) is 0 Å². The molecule has 0 saturated carbocycles. The molecule has 12 amide bonds. The summed E-state index contributed by atoms with van der Waals surface area (Å²) < 4.78 is 6.06. The molecule has 99 heavy (non-hydrogen) atoms. The third-order valence-corrected chi connectivity index (χ3v) is 19.7. The minimum Gasteiger partial charge on any atom is -0.443 e. The van der Waals surface area contributed by atoms with Gasteiger partial charge in [-0.15, -0.1) is 0 Å². The van der Waals surface area contributed by atoms with Gasteiger partial charge in [0.25, 0.3) is 0 Å². The molecule has 0 bridgehead atoms. The van der Waals surface area contributed by atoms with Gasteiger partial charge in [0.15, 0.2) is 0 Å². The van der Waals surface area contributed by atoms with Crippen LogP contribution in [-0.2, 0) is 57.5 Å². The normalized spacial score (nSPS) is 27.1. The van der Waals surface area contributed by atoms with Gasteiger partial charge in [-0.3, -0.25) is 52.7 Å². The lowest BCUT2D eigenvalue weighted by Crippen LogP contribution is -2.64. The van der Waals surface area contributed by atoms with Gasteiger partial charge in [0.1, 0.15) is 72.1 Å². The molecular formula is C72H129N13O14. The Morgan fingerprint density at radius 3 is 1.45 bits per heavy atom. The third-order valence-electron chi connectivity index (χ3n) is 19.7. The van der Waals surface area contributed by atoms with Crippen LogP contribution < -0.4 is 21.3 Å². The van der Waals surface area contributed by atoms with Crippen molar-refractivity contribution in [2.24, 2.45) is 41.4 Å². The fourth-order valence-electron chi connectivity index (χ4n) is 12.9. The maximum Gasteiger partial charge on any atom is 0.410 e. The first-order chi connectivity index (χ1) is 45.7. The lowest BCUT2D eigenvalue weighted by atomic mass is 9.89. The van der Waals surface area contributed by atoms with Crippen molar-refractivity contribution >= 4 is 71.1 Å². The van der Waals surface area contributed by atoms with Gasteiger partial charge in [-0.2, -0.15) is 0 Å². The van der Waals surface area contributed by atoms with Crippen LogP contribution in [0, 0.1) is 41.4 Å². The average Bonchev–Trinajstić information content (AvgIpc) is 0.815. The Morgan fingerprint density at radius 1 is 0.515 bits per heavy atom. The van der Waals surface area contributed by atoms with Gasteiger partial charge in [0.2, 0.25) is 65.0 Å². The molecule has 2 heterocycles. The Bertz CT molecular complexity index is 2790. The van der Waals surface area contributed by atoms with Crippen molar-refractivity contribution in [3.8, 4) is 0 Å². The molecule has 0 aromatic heterocycles. The number of nitrogens with one attached hydrogen (secondary N) is 4. The standard InChI is InChI=1S/C72H129N13O14/c1-28-30-31-47(14)59(86)58-63(90)75-51(29-2)66(93)78(21)50(17)65(92)83(26)57(46(13)32-33-72(18,19)99-71(98)85-36-34-77(20)35-37-85)62(89)76-55(44(9)10)69(96)79(22)52(38-41(3)4)61(88)73-48(15)60(87)74-49(16)64(91)80(23)53(39-42(5)6)67(94)81(24)54(40-43(7)8)68(95)82(25)56(45(11)12)70(97)84(58)27/h28,30,41-59,86H,29,31-40H2,1-27H3,(H,73,88)(H,74,87)(H,75,90)(H,76,89)/b30-28+/t46-,47-,48+,49-,50-,51+,52+,53+,54+,55+,56+,57+,58+,59-/m1/s1. The van der Waals surface area contributed by atoms with Crippen LogP contribution in [-0.4, -0.2) is 281 Å². The number of ether oxygens (including phenoxy) is 1. The highest BCUT2D eigenvalue weighted by atomic mass is 16.6. The van der Waals surface area contributed by atoms with Crippen molar-refractivity contribution in [2.75, 3.05) is 82.6 Å². The zero-order valence-corrected chi connectivity index (χ0v) is 65.2. The van der Waals surface area contributed by atoms with Gasteiger partial charge in [-0.05, 0) is 135 Å². The highest BCUT2D eigenvalue weighted by Gasteiger charge is 2.47. The summed E-state index contributed by atoms with van der Waals surface area (Å²) in [4.78, 5) is 190. The second-order valence-corrected chi connectivity index (χ2v) is 30.7. The number of aliphatic hydroxyl groups excluding tert-OH is 1. The molecule has 2 aliphatic rings. The Balaban J connectivity index is 3.06. The molecular weight excluding hydrogens is 1270 g/mol. The highest BCUT2D eigenvalue weighted by molar-refractivity contribution is 6.00. The van der Waals surface area contributed by atoms with E-state index in [1.165, 1.54) is 94.6 Å². The lowest BCUT2D eigenvalue weighted by Gasteiger charge is -2.41. The summed E-state index contributed by atoms with van der Waals surface area (Å²) in [7, 11) is 11.8. The van der Waals surface area contributed by atoms with E-state index in [4.69, 9.17) is 4.74 Å². The zero-order valence-electron chi connectivity index (χ0n) is 65.2. The molecule has 2 aliphatic heterocycles. The average molecular weight is 1400 g/mol. The summed E-state index contributed by atoms with van der Waals surface area (Å²) in [6.07, 6.45) is 2.62. The molecule has 0 aromatic rings. The van der Waals surface area contributed by atoms with Crippen LogP contribution in [0.25, 0.3) is 0 Å². The molecule has 0 spiro atoms. The number of carbonyl (C=O) groups excluding carboxylic acids is 12. The molecule has 14 atom stereocenters. The van der Waals surface area contributed by atoms with E-state index in [-0.39, 0.29) is 62.7 Å². The van der Waals surface area contributed by atoms with Crippen LogP contribution in [0.4, 0.5) is 4.79 Å². The maximum absolute atomic E-state index is 15.3. The van der Waals surface area contributed by atoms with E-state index in [1.807, 2.05) is 48.6 Å². The van der Waals surface area contributed by atoms with E-state index >= 15 is 33.6 Å². The van der Waals surface area contributed by atoms with Crippen LogP contribution in [0.1, 0.15) is 176 Å². The van der Waals surface area contributed by atoms with Gasteiger partial charge < -0.3 is 75.2 Å². The van der Waals surface area contributed by atoms with Crippen molar-refractivity contribution in [3.63, 3.8) is 0 Å². The summed E-state index contributed by atoms with van der Waals surface area (Å²) in [6, 6.07) is -14.3. The van der Waals surface area contributed by atoms with Gasteiger partial charge in [0, 0.05) is 75.5 Å². The van der Waals surface area contributed by atoms with E-state index in [0.29, 0.717) is 26.2 Å². The molecule has 2 saturated heterocycles. The number of hydrogen-bond donors (Lipinski definition) is 5. The second kappa shape index (κ2) is 39.3. The van der Waals surface area contributed by atoms with Crippen LogP contribution in [0.3, 0.4) is 0 Å². The van der Waals surface area contributed by atoms with Crippen LogP contribution in [0.2, 0.25) is 0 Å². The second-order valence-electron chi connectivity index (χ2n) is 30.7. The maximum atomic E-state index is 15.3. The van der Waals surface area contributed by atoms with Crippen LogP contribution in [0.15, 0.2) is 12.2 Å². The number of amides is 12. The number of nitrogens with zero attached hydrogens (tertiary/aromatic N) is 9. The fraction of sp³-hybridized carbons (Fsp3) is 0.806. The number of carbonyl (C=O) groups is 12. The minimum absolute atomic E-state index is 0.0272. The molecule has 0 aromatic carbocycles. The number of hydrogen-bond acceptors (Lipinski definition) is 15. The molecule has 566 valence electrons.